The molecule has 2 rings (SSSR count). The van der Waals surface area contributed by atoms with Gasteiger partial charge in [0.05, 0.1) is 0 Å². The second kappa shape index (κ2) is 7.54. The Morgan fingerprint density at radius 1 is 1.05 bits per heavy atom. The Kier molecular flexibility index (Phi) is 5.45. The maximum Gasteiger partial charge on any atom is 0.132 e. The number of nitrogens with zero attached hydrogens (tertiary/aromatic N) is 4. The zero-order chi connectivity index (χ0) is 15.1. The number of nitrogens with one attached hydrogen (secondary N) is 2. The zero-order valence-corrected chi connectivity index (χ0v) is 12.8. The Morgan fingerprint density at radius 3 is 2.38 bits per heavy atom. The fourth-order valence-corrected chi connectivity index (χ4v) is 1.85. The topological polar surface area (TPSA) is 66.0 Å². The van der Waals surface area contributed by atoms with Gasteiger partial charge in [-0.2, -0.15) is 0 Å². The summed E-state index contributed by atoms with van der Waals surface area (Å²) in [5.74, 6) is 2.43. The van der Waals surface area contributed by atoms with Gasteiger partial charge in [-0.15, -0.1) is 0 Å². The van der Waals surface area contributed by atoms with Crippen molar-refractivity contribution in [3.8, 4) is 0 Å². The van der Waals surface area contributed by atoms with Crippen LogP contribution in [0.3, 0.4) is 0 Å². The van der Waals surface area contributed by atoms with Gasteiger partial charge in [0.15, 0.2) is 0 Å². The van der Waals surface area contributed by atoms with Crippen LogP contribution in [0.2, 0.25) is 0 Å². The first kappa shape index (κ1) is 15.2. The Morgan fingerprint density at radius 2 is 1.71 bits per heavy atom. The fraction of sp³-hybridized carbons (Fsp3) is 0.400. The molecule has 0 aliphatic heterocycles. The lowest BCUT2D eigenvalue weighted by Crippen LogP contribution is -2.21. The van der Waals surface area contributed by atoms with Crippen LogP contribution >= 0.6 is 0 Å². The van der Waals surface area contributed by atoms with E-state index >= 15 is 0 Å². The fourth-order valence-electron chi connectivity index (χ4n) is 1.85. The predicted octanol–water partition coefficient (Wildman–Crippen LogP) is 1.77. The molecule has 2 N–H and O–H groups in total. The van der Waals surface area contributed by atoms with Crippen LogP contribution in [-0.2, 0) is 6.54 Å². The molecule has 0 bridgehead atoms. The molecule has 0 saturated carbocycles. The second-order valence-corrected chi connectivity index (χ2v) is 5.12. The first-order valence-corrected chi connectivity index (χ1v) is 7.00. The van der Waals surface area contributed by atoms with E-state index in [1.807, 2.05) is 25.1 Å². The van der Waals surface area contributed by atoms with Crippen LogP contribution in [0.15, 0.2) is 30.6 Å². The van der Waals surface area contributed by atoms with Crippen LogP contribution in [0.1, 0.15) is 11.4 Å². The van der Waals surface area contributed by atoms with Gasteiger partial charge in [0.1, 0.15) is 17.5 Å². The highest BCUT2D eigenvalue weighted by Gasteiger charge is 2.02. The molecule has 0 radical (unpaired) electrons. The Bertz CT molecular complexity index is 555. The number of hydrogen-bond acceptors (Lipinski definition) is 6. The molecule has 6 heteroatoms. The molecule has 0 aliphatic carbocycles. The van der Waals surface area contributed by atoms with Crippen molar-refractivity contribution in [3.63, 3.8) is 0 Å². The molecule has 0 atom stereocenters. The summed E-state index contributed by atoms with van der Waals surface area (Å²) in [5.41, 5.74) is 1.17. The largest absolute Gasteiger partial charge is 0.369 e. The third kappa shape index (κ3) is 5.35. The molecule has 6 nitrogen and oxygen atoms in total. The summed E-state index contributed by atoms with van der Waals surface area (Å²) in [6.45, 7) is 4.43. The minimum atomic E-state index is 0.718. The van der Waals surface area contributed by atoms with Crippen LogP contribution in [-0.4, -0.2) is 47.0 Å². The first-order valence-electron chi connectivity index (χ1n) is 7.00. The molecule has 0 aliphatic rings. The van der Waals surface area contributed by atoms with Gasteiger partial charge in [-0.1, -0.05) is 0 Å². The molecule has 0 fully saturated rings. The highest BCUT2D eigenvalue weighted by Crippen LogP contribution is 2.12. The van der Waals surface area contributed by atoms with E-state index in [2.05, 4.69) is 44.6 Å². The molecule has 21 heavy (non-hydrogen) atoms. The molecular formula is C15H22N6. The molecule has 0 aromatic carbocycles. The summed E-state index contributed by atoms with van der Waals surface area (Å²) in [4.78, 5) is 14.9. The lowest BCUT2D eigenvalue weighted by atomic mass is 10.3. The van der Waals surface area contributed by atoms with Crippen molar-refractivity contribution in [2.75, 3.05) is 37.8 Å². The second-order valence-electron chi connectivity index (χ2n) is 5.12. The van der Waals surface area contributed by atoms with Crippen LogP contribution in [0.5, 0.6) is 0 Å². The van der Waals surface area contributed by atoms with Crippen molar-refractivity contribution in [2.45, 2.75) is 13.5 Å². The molecular weight excluding hydrogens is 264 g/mol. The summed E-state index contributed by atoms with van der Waals surface area (Å²) in [6.07, 6.45) is 3.58. The number of aromatic nitrogens is 3. The predicted molar refractivity (Wildman–Crippen MR) is 85.4 cm³/mol. The molecule has 0 amide bonds. The summed E-state index contributed by atoms with van der Waals surface area (Å²) in [7, 11) is 4.10. The minimum absolute atomic E-state index is 0.718. The molecule has 112 valence electrons. The van der Waals surface area contributed by atoms with Crippen molar-refractivity contribution < 1.29 is 0 Å². The third-order valence-corrected chi connectivity index (χ3v) is 2.93. The van der Waals surface area contributed by atoms with E-state index in [4.69, 9.17) is 0 Å². The number of anilines is 2. The highest BCUT2D eigenvalue weighted by molar-refractivity contribution is 5.47. The van der Waals surface area contributed by atoms with E-state index in [1.54, 1.807) is 12.4 Å². The molecule has 2 aromatic rings. The third-order valence-electron chi connectivity index (χ3n) is 2.93. The summed E-state index contributed by atoms with van der Waals surface area (Å²) in [6, 6.07) is 5.90. The van der Waals surface area contributed by atoms with Gasteiger partial charge in [0.2, 0.25) is 0 Å². The summed E-state index contributed by atoms with van der Waals surface area (Å²) < 4.78 is 0. The maximum absolute atomic E-state index is 4.40. The van der Waals surface area contributed by atoms with Crippen molar-refractivity contribution >= 4 is 11.6 Å². The average Bonchev–Trinajstić information content (AvgIpc) is 2.45. The van der Waals surface area contributed by atoms with E-state index in [1.165, 1.54) is 5.56 Å². The Hall–Kier alpha value is -2.21. The first-order chi connectivity index (χ1) is 10.1. The van der Waals surface area contributed by atoms with Gasteiger partial charge in [-0.3, -0.25) is 4.98 Å². The van der Waals surface area contributed by atoms with E-state index in [0.717, 1.165) is 37.1 Å². The standard InChI is InChI=1S/C15H22N6/c1-12-19-14(17-8-9-21(2)3)10-15(20-12)18-11-13-4-6-16-7-5-13/h4-7,10H,8-9,11H2,1-3H3,(H2,17,18,19,20). The van der Waals surface area contributed by atoms with E-state index in [9.17, 15) is 0 Å². The molecule has 0 saturated heterocycles. The lowest BCUT2D eigenvalue weighted by Gasteiger charge is -2.12. The van der Waals surface area contributed by atoms with Crippen molar-refractivity contribution in [1.82, 2.24) is 19.9 Å². The average molecular weight is 286 g/mol. The summed E-state index contributed by atoms with van der Waals surface area (Å²) >= 11 is 0. The van der Waals surface area contributed by atoms with E-state index < -0.39 is 0 Å². The number of pyridine rings is 1. The molecule has 0 unspecified atom stereocenters. The van der Waals surface area contributed by atoms with Gasteiger partial charge in [-0.05, 0) is 38.7 Å². The van der Waals surface area contributed by atoms with Crippen LogP contribution in [0, 0.1) is 6.92 Å². The lowest BCUT2D eigenvalue weighted by molar-refractivity contribution is 0.425. The number of aryl methyl sites for hydroxylation is 1. The van der Waals surface area contributed by atoms with Gasteiger partial charge >= 0.3 is 0 Å². The zero-order valence-electron chi connectivity index (χ0n) is 12.8. The Balaban J connectivity index is 1.94. The van der Waals surface area contributed by atoms with E-state index in [0.29, 0.717) is 0 Å². The Labute approximate surface area is 125 Å². The molecule has 2 heterocycles. The smallest absolute Gasteiger partial charge is 0.132 e. The van der Waals surface area contributed by atoms with Gasteiger partial charge in [0.25, 0.3) is 0 Å². The van der Waals surface area contributed by atoms with Crippen molar-refractivity contribution in [3.05, 3.63) is 42.0 Å². The SMILES string of the molecule is Cc1nc(NCCN(C)C)cc(NCc2ccncc2)n1. The normalized spacial score (nSPS) is 10.7. The number of likely N-dealkylation sites (N-methyl/N-ethyl adjacent to an activating group) is 1. The molecule has 2 aromatic heterocycles. The maximum atomic E-state index is 4.40. The van der Waals surface area contributed by atoms with E-state index in [-0.39, 0.29) is 0 Å². The van der Waals surface area contributed by atoms with Gasteiger partial charge in [-0.25, -0.2) is 9.97 Å². The van der Waals surface area contributed by atoms with Crippen LogP contribution < -0.4 is 10.6 Å². The van der Waals surface area contributed by atoms with Crippen molar-refractivity contribution in [1.29, 1.82) is 0 Å². The quantitative estimate of drug-likeness (QED) is 0.808. The van der Waals surface area contributed by atoms with Gasteiger partial charge in [0, 0.05) is 38.1 Å². The summed E-state index contributed by atoms with van der Waals surface area (Å²) in [5, 5.41) is 6.62. The van der Waals surface area contributed by atoms with Gasteiger partial charge < -0.3 is 15.5 Å². The minimum Gasteiger partial charge on any atom is -0.369 e. The number of rotatable bonds is 7. The number of hydrogen-bond donors (Lipinski definition) is 2. The highest BCUT2D eigenvalue weighted by atomic mass is 15.1. The van der Waals surface area contributed by atoms with Crippen molar-refractivity contribution in [2.24, 2.45) is 0 Å². The van der Waals surface area contributed by atoms with Crippen LogP contribution in [0.4, 0.5) is 11.6 Å². The monoisotopic (exact) mass is 286 g/mol. The molecule has 0 spiro atoms. The van der Waals surface area contributed by atoms with Crippen LogP contribution in [0.25, 0.3) is 0 Å².